The number of ketones is 1. The molecule has 20 heavy (non-hydrogen) atoms. The molecule has 0 N–H and O–H groups in total. The Balaban J connectivity index is 2.13. The molecule has 0 saturated heterocycles. The Hall–Kier alpha value is -1.84. The number of carbonyl (C=O) groups excluding carboxylic acids is 2. The lowest BCUT2D eigenvalue weighted by atomic mass is 9.78. The third kappa shape index (κ3) is 2.69. The van der Waals surface area contributed by atoms with Crippen LogP contribution in [0.4, 0.5) is 0 Å². The van der Waals surface area contributed by atoms with E-state index in [1.165, 1.54) is 0 Å². The van der Waals surface area contributed by atoms with E-state index in [0.717, 1.165) is 11.3 Å². The van der Waals surface area contributed by atoms with Crippen LogP contribution in [0.25, 0.3) is 0 Å². The topological polar surface area (TPSA) is 52.6 Å². The van der Waals surface area contributed by atoms with Crippen molar-refractivity contribution in [3.8, 4) is 5.75 Å². The van der Waals surface area contributed by atoms with Crippen LogP contribution < -0.4 is 4.74 Å². The summed E-state index contributed by atoms with van der Waals surface area (Å²) in [5, 5.41) is 0. The Morgan fingerprint density at radius 1 is 1.35 bits per heavy atom. The first-order valence-corrected chi connectivity index (χ1v) is 6.89. The van der Waals surface area contributed by atoms with Crippen LogP contribution in [0.15, 0.2) is 24.3 Å². The first-order chi connectivity index (χ1) is 9.46. The van der Waals surface area contributed by atoms with E-state index in [0.29, 0.717) is 13.0 Å². The second kappa shape index (κ2) is 5.65. The Kier molecular flexibility index (Phi) is 4.12. The zero-order chi connectivity index (χ0) is 14.8. The molecule has 0 radical (unpaired) electrons. The minimum atomic E-state index is -1.13. The maximum absolute atomic E-state index is 12.6. The molecule has 0 aromatic heterocycles. The summed E-state index contributed by atoms with van der Waals surface area (Å²) in [5.74, 6) is -0.0656. The van der Waals surface area contributed by atoms with Crippen molar-refractivity contribution in [3.63, 3.8) is 0 Å². The smallest absolute Gasteiger partial charge is 0.319 e. The molecule has 1 aromatic rings. The van der Waals surface area contributed by atoms with E-state index in [-0.39, 0.29) is 18.3 Å². The molecule has 4 heteroatoms. The SMILES string of the molecule is CCOC(=O)C(C)(C)C(=O)C1COc2ccccc2C1. The van der Waals surface area contributed by atoms with E-state index in [4.69, 9.17) is 9.47 Å². The van der Waals surface area contributed by atoms with Gasteiger partial charge in [-0.15, -0.1) is 0 Å². The number of esters is 1. The van der Waals surface area contributed by atoms with Crippen LogP contribution in [-0.2, 0) is 20.7 Å². The van der Waals surface area contributed by atoms with E-state index in [1.54, 1.807) is 20.8 Å². The molecular formula is C16H20O4. The van der Waals surface area contributed by atoms with Crippen molar-refractivity contribution in [2.24, 2.45) is 11.3 Å². The van der Waals surface area contributed by atoms with Crippen molar-refractivity contribution in [3.05, 3.63) is 29.8 Å². The average molecular weight is 276 g/mol. The van der Waals surface area contributed by atoms with Gasteiger partial charge in [0.25, 0.3) is 0 Å². The van der Waals surface area contributed by atoms with Gasteiger partial charge in [-0.2, -0.15) is 0 Å². The van der Waals surface area contributed by atoms with Crippen LogP contribution in [0.3, 0.4) is 0 Å². The molecule has 1 unspecified atom stereocenters. The molecule has 1 aromatic carbocycles. The fourth-order valence-electron chi connectivity index (χ4n) is 2.42. The zero-order valence-corrected chi connectivity index (χ0v) is 12.1. The number of Topliss-reactive ketones (excluding diaryl/α,β-unsaturated/α-hetero) is 1. The van der Waals surface area contributed by atoms with Crippen LogP contribution in [0.2, 0.25) is 0 Å². The molecule has 1 atom stereocenters. The standard InChI is InChI=1S/C16H20O4/c1-4-19-15(18)16(2,3)14(17)12-9-11-7-5-6-8-13(11)20-10-12/h5-8,12H,4,9-10H2,1-3H3. The first kappa shape index (κ1) is 14.6. The van der Waals surface area contributed by atoms with Crippen LogP contribution in [0.5, 0.6) is 5.75 Å². The van der Waals surface area contributed by atoms with Crippen LogP contribution >= 0.6 is 0 Å². The Morgan fingerprint density at radius 3 is 2.75 bits per heavy atom. The predicted molar refractivity (Wildman–Crippen MR) is 74.6 cm³/mol. The van der Waals surface area contributed by atoms with E-state index in [2.05, 4.69) is 0 Å². The summed E-state index contributed by atoms with van der Waals surface area (Å²) in [5.41, 5.74) is -0.118. The highest BCUT2D eigenvalue weighted by Gasteiger charge is 2.42. The molecule has 2 rings (SSSR count). The number of para-hydroxylation sites is 1. The highest BCUT2D eigenvalue weighted by atomic mass is 16.5. The summed E-state index contributed by atoms with van der Waals surface area (Å²) in [6.45, 7) is 5.57. The lowest BCUT2D eigenvalue weighted by molar-refractivity contribution is -0.159. The quantitative estimate of drug-likeness (QED) is 0.626. The fourth-order valence-corrected chi connectivity index (χ4v) is 2.42. The van der Waals surface area contributed by atoms with Gasteiger partial charge in [0.2, 0.25) is 0 Å². The van der Waals surface area contributed by atoms with Gasteiger partial charge in [0.15, 0.2) is 5.78 Å². The van der Waals surface area contributed by atoms with Crippen LogP contribution in [-0.4, -0.2) is 25.0 Å². The minimum absolute atomic E-state index is 0.120. The van der Waals surface area contributed by atoms with Crippen molar-refractivity contribution in [1.82, 2.24) is 0 Å². The molecular weight excluding hydrogens is 256 g/mol. The number of fused-ring (bicyclic) bond motifs is 1. The van der Waals surface area contributed by atoms with Gasteiger partial charge >= 0.3 is 5.97 Å². The van der Waals surface area contributed by atoms with Gasteiger partial charge in [-0.1, -0.05) is 18.2 Å². The molecule has 0 spiro atoms. The Morgan fingerprint density at radius 2 is 2.05 bits per heavy atom. The number of hydrogen-bond donors (Lipinski definition) is 0. The fraction of sp³-hybridized carbons (Fsp3) is 0.500. The third-order valence-corrected chi connectivity index (χ3v) is 3.65. The summed E-state index contributed by atoms with van der Waals surface area (Å²) in [7, 11) is 0. The molecule has 1 heterocycles. The first-order valence-electron chi connectivity index (χ1n) is 6.89. The zero-order valence-electron chi connectivity index (χ0n) is 12.1. The number of benzene rings is 1. The number of ether oxygens (including phenoxy) is 2. The van der Waals surface area contributed by atoms with Crippen LogP contribution in [0.1, 0.15) is 26.3 Å². The number of carbonyl (C=O) groups is 2. The van der Waals surface area contributed by atoms with E-state index < -0.39 is 11.4 Å². The second-order valence-corrected chi connectivity index (χ2v) is 5.53. The van der Waals surface area contributed by atoms with Gasteiger partial charge in [-0.3, -0.25) is 9.59 Å². The monoisotopic (exact) mass is 276 g/mol. The maximum Gasteiger partial charge on any atom is 0.319 e. The maximum atomic E-state index is 12.6. The van der Waals surface area contributed by atoms with E-state index in [9.17, 15) is 9.59 Å². The molecule has 0 saturated carbocycles. The Labute approximate surface area is 119 Å². The lowest BCUT2D eigenvalue weighted by Gasteiger charge is -2.30. The van der Waals surface area contributed by atoms with Crippen molar-refractivity contribution < 1.29 is 19.1 Å². The Bertz CT molecular complexity index is 519. The molecule has 108 valence electrons. The van der Waals surface area contributed by atoms with Crippen molar-refractivity contribution in [1.29, 1.82) is 0 Å². The third-order valence-electron chi connectivity index (χ3n) is 3.65. The van der Waals surface area contributed by atoms with Gasteiger partial charge < -0.3 is 9.47 Å². The molecule has 0 amide bonds. The molecule has 0 bridgehead atoms. The highest BCUT2D eigenvalue weighted by Crippen LogP contribution is 2.32. The predicted octanol–water partition coefficient (Wildman–Crippen LogP) is 2.40. The van der Waals surface area contributed by atoms with Crippen LogP contribution in [0, 0.1) is 11.3 Å². The highest BCUT2D eigenvalue weighted by molar-refractivity contribution is 6.04. The average Bonchev–Trinajstić information content (AvgIpc) is 2.46. The summed E-state index contributed by atoms with van der Waals surface area (Å²) < 4.78 is 10.6. The second-order valence-electron chi connectivity index (χ2n) is 5.53. The summed E-state index contributed by atoms with van der Waals surface area (Å²) in [6, 6.07) is 7.67. The van der Waals surface area contributed by atoms with Gasteiger partial charge in [0.05, 0.1) is 19.1 Å². The van der Waals surface area contributed by atoms with E-state index >= 15 is 0 Å². The normalized spacial score (nSPS) is 17.9. The number of rotatable bonds is 4. The molecule has 4 nitrogen and oxygen atoms in total. The van der Waals surface area contributed by atoms with E-state index in [1.807, 2.05) is 24.3 Å². The van der Waals surface area contributed by atoms with Crippen molar-refractivity contribution in [2.45, 2.75) is 27.2 Å². The molecule has 1 aliphatic heterocycles. The van der Waals surface area contributed by atoms with Crippen molar-refractivity contribution >= 4 is 11.8 Å². The van der Waals surface area contributed by atoms with Gasteiger partial charge in [-0.25, -0.2) is 0 Å². The minimum Gasteiger partial charge on any atom is -0.493 e. The summed E-state index contributed by atoms with van der Waals surface area (Å²) in [6.07, 6.45) is 0.609. The molecule has 0 aliphatic carbocycles. The summed E-state index contributed by atoms with van der Waals surface area (Å²) >= 11 is 0. The summed E-state index contributed by atoms with van der Waals surface area (Å²) in [4.78, 5) is 24.5. The van der Waals surface area contributed by atoms with Crippen molar-refractivity contribution in [2.75, 3.05) is 13.2 Å². The molecule has 1 aliphatic rings. The van der Waals surface area contributed by atoms with Gasteiger partial charge in [0, 0.05) is 0 Å². The largest absolute Gasteiger partial charge is 0.493 e. The lowest BCUT2D eigenvalue weighted by Crippen LogP contribution is -2.42. The van der Waals surface area contributed by atoms with Gasteiger partial charge in [-0.05, 0) is 38.8 Å². The van der Waals surface area contributed by atoms with Gasteiger partial charge in [0.1, 0.15) is 11.2 Å². The number of hydrogen-bond acceptors (Lipinski definition) is 4. The molecule has 0 fully saturated rings.